The van der Waals surface area contributed by atoms with E-state index in [0.717, 1.165) is 18.5 Å². The first-order valence-corrected chi connectivity index (χ1v) is 7.93. The maximum atomic E-state index is 12.1. The molecule has 9 heteroatoms. The van der Waals surface area contributed by atoms with Crippen LogP contribution >= 0.6 is 0 Å². The highest BCUT2D eigenvalue weighted by atomic mass is 32.2. The van der Waals surface area contributed by atoms with Crippen LogP contribution < -0.4 is 0 Å². The Bertz CT molecular complexity index is 916. The summed E-state index contributed by atoms with van der Waals surface area (Å²) in [6.45, 7) is 4.90. The maximum Gasteiger partial charge on any atom is 0.336 e. The van der Waals surface area contributed by atoms with E-state index in [1.54, 1.807) is 20.8 Å². The van der Waals surface area contributed by atoms with Crippen molar-refractivity contribution in [2.45, 2.75) is 31.2 Å². The van der Waals surface area contributed by atoms with Crippen molar-refractivity contribution in [3.05, 3.63) is 34.7 Å². The number of carboxylic acid groups (broad SMARTS) is 1. The van der Waals surface area contributed by atoms with Gasteiger partial charge in [-0.3, -0.25) is 4.55 Å². The molecule has 0 saturated heterocycles. The number of furan rings is 1. The van der Waals surface area contributed by atoms with Gasteiger partial charge >= 0.3 is 5.97 Å². The summed E-state index contributed by atoms with van der Waals surface area (Å²) in [7, 11) is -4.69. The molecule has 124 valence electrons. The number of carbonyl (C=O) groups is 1. The molecule has 0 fully saturated rings. The van der Waals surface area contributed by atoms with Crippen LogP contribution in [0.15, 0.2) is 27.7 Å². The summed E-state index contributed by atoms with van der Waals surface area (Å²) >= 11 is 0. The molecule has 0 amide bonds. The largest absolute Gasteiger partial charge is 0.623 e. The first kappa shape index (κ1) is 17.0. The van der Waals surface area contributed by atoms with Gasteiger partial charge in [0.1, 0.15) is 4.90 Å². The number of hydroxylamine groups is 1. The SMILES string of the molecule is CC(C)(C)[N+]([O-])=Cc1c(C(=O)O)cc(S(=O)(=O)O)c2occc12. The fraction of sp³-hybridized carbons (Fsp3) is 0.286. The van der Waals surface area contributed by atoms with Gasteiger partial charge in [0.2, 0.25) is 0 Å². The summed E-state index contributed by atoms with van der Waals surface area (Å²) < 4.78 is 37.7. The van der Waals surface area contributed by atoms with Crippen molar-refractivity contribution in [1.82, 2.24) is 0 Å². The summed E-state index contributed by atoms with van der Waals surface area (Å²) in [5.41, 5.74) is -1.48. The Morgan fingerprint density at radius 1 is 1.39 bits per heavy atom. The molecule has 0 bridgehead atoms. The molecule has 2 rings (SSSR count). The van der Waals surface area contributed by atoms with E-state index in [1.165, 1.54) is 6.07 Å². The Balaban J connectivity index is 2.93. The molecular weight excluding hydrogens is 326 g/mol. The van der Waals surface area contributed by atoms with Gasteiger partial charge in [-0.15, -0.1) is 0 Å². The lowest BCUT2D eigenvalue weighted by atomic mass is 10.0. The smallest absolute Gasteiger partial charge is 0.336 e. The zero-order chi connectivity index (χ0) is 17.6. The summed E-state index contributed by atoms with van der Waals surface area (Å²) in [6, 6.07) is 2.10. The molecule has 0 aliphatic rings. The van der Waals surface area contributed by atoms with E-state index in [2.05, 4.69) is 0 Å². The van der Waals surface area contributed by atoms with Crippen molar-refractivity contribution in [2.24, 2.45) is 0 Å². The van der Waals surface area contributed by atoms with Crippen LogP contribution in [0.2, 0.25) is 0 Å². The van der Waals surface area contributed by atoms with Crippen LogP contribution in [0.4, 0.5) is 0 Å². The second kappa shape index (κ2) is 5.36. The van der Waals surface area contributed by atoms with Gasteiger partial charge in [0, 0.05) is 26.2 Å². The average Bonchev–Trinajstić information content (AvgIpc) is 2.84. The van der Waals surface area contributed by atoms with E-state index in [9.17, 15) is 28.1 Å². The van der Waals surface area contributed by atoms with Crippen molar-refractivity contribution in [3.8, 4) is 0 Å². The van der Waals surface area contributed by atoms with Crippen LogP contribution in [0.1, 0.15) is 36.7 Å². The number of fused-ring (bicyclic) bond motifs is 1. The molecular formula is C14H15NO7S. The Morgan fingerprint density at radius 2 is 2.00 bits per heavy atom. The fourth-order valence-electron chi connectivity index (χ4n) is 1.95. The predicted molar refractivity (Wildman–Crippen MR) is 81.5 cm³/mol. The summed E-state index contributed by atoms with van der Waals surface area (Å²) in [4.78, 5) is 10.8. The van der Waals surface area contributed by atoms with Crippen molar-refractivity contribution in [2.75, 3.05) is 0 Å². The van der Waals surface area contributed by atoms with Gasteiger partial charge in [-0.2, -0.15) is 8.42 Å². The van der Waals surface area contributed by atoms with E-state index in [4.69, 9.17) is 4.42 Å². The molecule has 1 aromatic carbocycles. The van der Waals surface area contributed by atoms with Crippen molar-refractivity contribution in [1.29, 1.82) is 0 Å². The van der Waals surface area contributed by atoms with Crippen molar-refractivity contribution in [3.63, 3.8) is 0 Å². The number of hydrogen-bond donors (Lipinski definition) is 2. The Kier molecular flexibility index (Phi) is 3.95. The number of hydrogen-bond acceptors (Lipinski definition) is 5. The second-order valence-electron chi connectivity index (χ2n) is 5.91. The molecule has 1 aromatic heterocycles. The van der Waals surface area contributed by atoms with Crippen LogP contribution in [0.25, 0.3) is 11.0 Å². The van der Waals surface area contributed by atoms with Crippen LogP contribution in [0.5, 0.6) is 0 Å². The molecule has 23 heavy (non-hydrogen) atoms. The fourth-order valence-corrected chi connectivity index (χ4v) is 2.61. The maximum absolute atomic E-state index is 12.1. The zero-order valence-electron chi connectivity index (χ0n) is 12.6. The summed E-state index contributed by atoms with van der Waals surface area (Å²) in [5, 5.41) is 21.5. The van der Waals surface area contributed by atoms with Crippen molar-refractivity contribution < 1.29 is 32.0 Å². The van der Waals surface area contributed by atoms with Gasteiger partial charge in [0.15, 0.2) is 17.3 Å². The molecule has 2 N–H and O–H groups in total. The van der Waals surface area contributed by atoms with E-state index in [0.29, 0.717) is 4.74 Å². The van der Waals surface area contributed by atoms with Gasteiger partial charge in [0.05, 0.1) is 17.4 Å². The summed E-state index contributed by atoms with van der Waals surface area (Å²) in [5.74, 6) is -1.44. The highest BCUT2D eigenvalue weighted by Crippen LogP contribution is 2.30. The minimum atomic E-state index is -4.69. The molecule has 2 aromatic rings. The standard InChI is InChI=1S/C14H15NO7S/c1-14(2,3)15(18)7-10-8-4-5-22-12(8)11(23(19,20)21)6-9(10)13(16)17/h4-7H,1-3H3,(H,16,17)(H,19,20,21). The second-order valence-corrected chi connectivity index (χ2v) is 7.30. The third kappa shape index (κ3) is 3.20. The van der Waals surface area contributed by atoms with E-state index < -0.39 is 32.1 Å². The molecule has 0 radical (unpaired) electrons. The third-order valence-corrected chi connectivity index (χ3v) is 4.02. The van der Waals surface area contributed by atoms with E-state index in [1.807, 2.05) is 0 Å². The molecule has 0 spiro atoms. The summed E-state index contributed by atoms with van der Waals surface area (Å²) in [6.07, 6.45) is 2.21. The van der Waals surface area contributed by atoms with Crippen molar-refractivity contribution >= 4 is 33.3 Å². The first-order chi connectivity index (χ1) is 10.4. The number of carboxylic acids is 1. The minimum Gasteiger partial charge on any atom is -0.623 e. The highest BCUT2D eigenvalue weighted by molar-refractivity contribution is 7.86. The molecule has 0 atom stereocenters. The lowest BCUT2D eigenvalue weighted by molar-refractivity contribution is -0.530. The average molecular weight is 341 g/mol. The number of rotatable bonds is 3. The molecule has 0 unspecified atom stereocenters. The highest BCUT2D eigenvalue weighted by Gasteiger charge is 2.27. The number of nitrogens with zero attached hydrogens (tertiary/aromatic N) is 1. The van der Waals surface area contributed by atoms with Crippen LogP contribution in [-0.2, 0) is 10.1 Å². The molecule has 0 saturated carbocycles. The predicted octanol–water partition coefficient (Wildman–Crippen LogP) is 2.11. The molecule has 0 aliphatic heterocycles. The zero-order valence-corrected chi connectivity index (χ0v) is 13.4. The van der Waals surface area contributed by atoms with Gasteiger partial charge in [-0.1, -0.05) is 0 Å². The monoisotopic (exact) mass is 341 g/mol. The van der Waals surface area contributed by atoms with Crippen LogP contribution in [0, 0.1) is 5.21 Å². The van der Waals surface area contributed by atoms with Gasteiger partial charge in [-0.25, -0.2) is 9.53 Å². The molecule has 0 aliphatic carbocycles. The molecule has 8 nitrogen and oxygen atoms in total. The Labute approximate surface area is 132 Å². The van der Waals surface area contributed by atoms with Crippen LogP contribution in [0.3, 0.4) is 0 Å². The minimum absolute atomic E-state index is 0.00132. The topological polar surface area (TPSA) is 131 Å². The normalized spacial score (nSPS) is 13.5. The lowest BCUT2D eigenvalue weighted by Gasteiger charge is -2.19. The molecule has 1 heterocycles. The van der Waals surface area contributed by atoms with E-state index >= 15 is 0 Å². The Morgan fingerprint density at radius 3 is 2.48 bits per heavy atom. The van der Waals surface area contributed by atoms with Gasteiger partial charge < -0.3 is 14.7 Å². The van der Waals surface area contributed by atoms with Gasteiger partial charge in [0.25, 0.3) is 10.1 Å². The number of aromatic carboxylic acids is 1. The van der Waals surface area contributed by atoms with Crippen LogP contribution in [-0.4, -0.2) is 40.5 Å². The van der Waals surface area contributed by atoms with Gasteiger partial charge in [-0.05, 0) is 12.1 Å². The Hall–Kier alpha value is -2.39. The number of benzene rings is 1. The van der Waals surface area contributed by atoms with E-state index in [-0.39, 0.29) is 16.5 Å². The lowest BCUT2D eigenvalue weighted by Crippen LogP contribution is -2.29. The quantitative estimate of drug-likeness (QED) is 0.287. The third-order valence-electron chi connectivity index (χ3n) is 3.16. The first-order valence-electron chi connectivity index (χ1n) is 6.49.